The quantitative estimate of drug-likeness (QED) is 0.870. The van der Waals surface area contributed by atoms with E-state index in [9.17, 15) is 0 Å². The summed E-state index contributed by atoms with van der Waals surface area (Å²) in [5.41, 5.74) is 2.35. The Hall–Kier alpha value is -1.81. The van der Waals surface area contributed by atoms with Gasteiger partial charge in [0.2, 0.25) is 0 Å². The molecule has 0 amide bonds. The van der Waals surface area contributed by atoms with Crippen LogP contribution >= 0.6 is 11.6 Å². The van der Waals surface area contributed by atoms with Gasteiger partial charge in [-0.1, -0.05) is 17.7 Å². The number of nitrogens with zero attached hydrogens (tertiary/aromatic N) is 4. The Bertz CT molecular complexity index is 646. The lowest BCUT2D eigenvalue weighted by atomic mass is 10.2. The highest BCUT2D eigenvalue weighted by molar-refractivity contribution is 6.30. The van der Waals surface area contributed by atoms with Gasteiger partial charge in [0, 0.05) is 42.8 Å². The molecule has 1 aromatic carbocycles. The van der Waals surface area contributed by atoms with Crippen LogP contribution in [0.4, 0.5) is 11.5 Å². The Morgan fingerprint density at radius 2 is 1.68 bits per heavy atom. The first-order valence-electron chi connectivity index (χ1n) is 7.89. The number of piperazine rings is 1. The van der Waals surface area contributed by atoms with Crippen LogP contribution in [0.3, 0.4) is 0 Å². The maximum Gasteiger partial charge on any atom is 0.151 e. The lowest BCUT2D eigenvalue weighted by molar-refractivity contribution is 0.642. The van der Waals surface area contributed by atoms with E-state index in [1.165, 1.54) is 18.5 Å². The van der Waals surface area contributed by atoms with Crippen molar-refractivity contribution in [2.75, 3.05) is 36.0 Å². The Kier molecular flexibility index (Phi) is 3.62. The molecular formula is C17H19ClN4. The molecule has 4 rings (SSSR count). The third-order valence-electron chi connectivity index (χ3n) is 4.44. The van der Waals surface area contributed by atoms with E-state index >= 15 is 0 Å². The molecule has 1 aliphatic carbocycles. The van der Waals surface area contributed by atoms with Crippen LogP contribution in [0.5, 0.6) is 0 Å². The summed E-state index contributed by atoms with van der Waals surface area (Å²) in [4.78, 5) is 4.68. The summed E-state index contributed by atoms with van der Waals surface area (Å²) in [6.07, 6.45) is 2.54. The molecule has 114 valence electrons. The largest absolute Gasteiger partial charge is 0.368 e. The van der Waals surface area contributed by atoms with Crippen molar-refractivity contribution in [1.82, 2.24) is 10.2 Å². The Balaban J connectivity index is 1.40. The second-order valence-corrected chi connectivity index (χ2v) is 6.48. The first kappa shape index (κ1) is 13.8. The Morgan fingerprint density at radius 3 is 2.32 bits per heavy atom. The van der Waals surface area contributed by atoms with Crippen LogP contribution < -0.4 is 9.80 Å². The minimum atomic E-state index is 0.668. The molecule has 0 radical (unpaired) electrons. The zero-order chi connectivity index (χ0) is 14.9. The lowest BCUT2D eigenvalue weighted by Gasteiger charge is -2.36. The highest BCUT2D eigenvalue weighted by Gasteiger charge is 2.26. The normalized spacial score (nSPS) is 18.6. The fourth-order valence-electron chi connectivity index (χ4n) is 2.97. The van der Waals surface area contributed by atoms with E-state index in [2.05, 4.69) is 38.2 Å². The molecule has 1 saturated heterocycles. The molecule has 5 heteroatoms. The topological polar surface area (TPSA) is 32.3 Å². The van der Waals surface area contributed by atoms with Gasteiger partial charge in [0.25, 0.3) is 0 Å². The summed E-state index contributed by atoms with van der Waals surface area (Å²) in [7, 11) is 0. The van der Waals surface area contributed by atoms with Crippen molar-refractivity contribution in [3.8, 4) is 0 Å². The van der Waals surface area contributed by atoms with Gasteiger partial charge >= 0.3 is 0 Å². The Labute approximate surface area is 135 Å². The summed E-state index contributed by atoms with van der Waals surface area (Å²) in [6.45, 7) is 3.88. The minimum Gasteiger partial charge on any atom is -0.368 e. The van der Waals surface area contributed by atoms with Gasteiger partial charge in [-0.05, 0) is 43.2 Å². The fourth-order valence-corrected chi connectivity index (χ4v) is 3.15. The highest BCUT2D eigenvalue weighted by atomic mass is 35.5. The van der Waals surface area contributed by atoms with Gasteiger partial charge in [0.15, 0.2) is 5.82 Å². The molecule has 0 unspecified atom stereocenters. The minimum absolute atomic E-state index is 0.668. The second kappa shape index (κ2) is 5.76. The third kappa shape index (κ3) is 2.88. The van der Waals surface area contributed by atoms with Gasteiger partial charge in [-0.3, -0.25) is 0 Å². The van der Waals surface area contributed by atoms with Crippen molar-refractivity contribution in [3.05, 3.63) is 47.1 Å². The molecule has 1 saturated carbocycles. The number of anilines is 2. The van der Waals surface area contributed by atoms with Crippen molar-refractivity contribution in [2.24, 2.45) is 0 Å². The van der Waals surface area contributed by atoms with Gasteiger partial charge < -0.3 is 9.80 Å². The van der Waals surface area contributed by atoms with Crippen LogP contribution in [0.1, 0.15) is 24.5 Å². The fraction of sp³-hybridized carbons (Fsp3) is 0.412. The maximum absolute atomic E-state index is 6.08. The van der Waals surface area contributed by atoms with E-state index in [4.69, 9.17) is 11.6 Å². The molecule has 2 aliphatic rings. The van der Waals surface area contributed by atoms with Crippen LogP contribution in [0.25, 0.3) is 0 Å². The van der Waals surface area contributed by atoms with Crippen molar-refractivity contribution in [2.45, 2.75) is 18.8 Å². The molecule has 0 spiro atoms. The second-order valence-electron chi connectivity index (χ2n) is 6.04. The van der Waals surface area contributed by atoms with Gasteiger partial charge in [-0.25, -0.2) is 0 Å². The van der Waals surface area contributed by atoms with Gasteiger partial charge in [0.05, 0.1) is 5.69 Å². The van der Waals surface area contributed by atoms with E-state index in [1.807, 2.05) is 18.2 Å². The van der Waals surface area contributed by atoms with E-state index < -0.39 is 0 Å². The van der Waals surface area contributed by atoms with Crippen molar-refractivity contribution < 1.29 is 0 Å². The molecule has 2 heterocycles. The lowest BCUT2D eigenvalue weighted by Crippen LogP contribution is -2.46. The summed E-state index contributed by atoms with van der Waals surface area (Å²) < 4.78 is 0. The predicted molar refractivity (Wildman–Crippen MR) is 89.9 cm³/mol. The van der Waals surface area contributed by atoms with Crippen molar-refractivity contribution >= 4 is 23.1 Å². The molecule has 0 atom stereocenters. The number of benzene rings is 1. The van der Waals surface area contributed by atoms with Crippen LogP contribution in [0.15, 0.2) is 36.4 Å². The molecule has 2 fully saturated rings. The molecular weight excluding hydrogens is 296 g/mol. The summed E-state index contributed by atoms with van der Waals surface area (Å²) in [6, 6.07) is 12.3. The third-order valence-corrected chi connectivity index (χ3v) is 4.68. The van der Waals surface area contributed by atoms with Gasteiger partial charge in [-0.15, -0.1) is 5.10 Å². The zero-order valence-electron chi connectivity index (χ0n) is 12.5. The number of hydrogen-bond donors (Lipinski definition) is 0. The predicted octanol–water partition coefficient (Wildman–Crippen LogP) is 3.33. The molecule has 1 aliphatic heterocycles. The van der Waals surface area contributed by atoms with E-state index in [-0.39, 0.29) is 0 Å². The number of hydrogen-bond acceptors (Lipinski definition) is 4. The van der Waals surface area contributed by atoms with Crippen molar-refractivity contribution in [1.29, 1.82) is 0 Å². The smallest absolute Gasteiger partial charge is 0.151 e. The molecule has 0 bridgehead atoms. The standard InChI is InChI=1S/C17H19ClN4/c18-14-2-1-3-15(12-14)21-8-10-22(11-9-21)17-7-6-16(19-20-17)13-4-5-13/h1-3,6-7,12-13H,4-5,8-11H2. The zero-order valence-corrected chi connectivity index (χ0v) is 13.2. The summed E-state index contributed by atoms with van der Waals surface area (Å²) >= 11 is 6.08. The summed E-state index contributed by atoms with van der Waals surface area (Å²) in [5.74, 6) is 1.66. The van der Waals surface area contributed by atoms with Crippen LogP contribution in [0, 0.1) is 0 Å². The molecule has 4 nitrogen and oxygen atoms in total. The first-order chi connectivity index (χ1) is 10.8. The number of aromatic nitrogens is 2. The van der Waals surface area contributed by atoms with E-state index in [0.29, 0.717) is 5.92 Å². The first-order valence-corrected chi connectivity index (χ1v) is 8.26. The SMILES string of the molecule is Clc1cccc(N2CCN(c3ccc(C4CC4)nn3)CC2)c1. The highest BCUT2D eigenvalue weighted by Crippen LogP contribution is 2.38. The molecule has 22 heavy (non-hydrogen) atoms. The average molecular weight is 315 g/mol. The van der Waals surface area contributed by atoms with Crippen LogP contribution in [0.2, 0.25) is 5.02 Å². The monoisotopic (exact) mass is 314 g/mol. The van der Waals surface area contributed by atoms with Crippen molar-refractivity contribution in [3.63, 3.8) is 0 Å². The van der Waals surface area contributed by atoms with Crippen LogP contribution in [-0.4, -0.2) is 36.4 Å². The van der Waals surface area contributed by atoms with E-state index in [1.54, 1.807) is 0 Å². The number of rotatable bonds is 3. The number of halogens is 1. The van der Waals surface area contributed by atoms with E-state index in [0.717, 1.165) is 42.7 Å². The van der Waals surface area contributed by atoms with Crippen LogP contribution in [-0.2, 0) is 0 Å². The molecule has 1 aromatic heterocycles. The average Bonchev–Trinajstić information content (AvgIpc) is 3.40. The summed E-state index contributed by atoms with van der Waals surface area (Å²) in [5, 5.41) is 9.59. The van der Waals surface area contributed by atoms with Gasteiger partial charge in [-0.2, -0.15) is 5.10 Å². The van der Waals surface area contributed by atoms with Gasteiger partial charge in [0.1, 0.15) is 0 Å². The Morgan fingerprint density at radius 1 is 0.909 bits per heavy atom. The molecule has 0 N–H and O–H groups in total. The molecule has 2 aromatic rings. The maximum atomic E-state index is 6.08.